The van der Waals surface area contributed by atoms with Gasteiger partial charge in [0.15, 0.2) is 12.4 Å². The number of ketones is 1. The summed E-state index contributed by atoms with van der Waals surface area (Å²) in [6.07, 6.45) is 3.57. The summed E-state index contributed by atoms with van der Waals surface area (Å²) in [5.74, 6) is 0.0295. The molecule has 132 valence electrons. The predicted molar refractivity (Wildman–Crippen MR) is 95.3 cm³/mol. The van der Waals surface area contributed by atoms with Crippen LogP contribution in [-0.4, -0.2) is 28.1 Å². The molecule has 0 saturated heterocycles. The summed E-state index contributed by atoms with van der Waals surface area (Å²) < 4.78 is 12.3. The topological polar surface area (TPSA) is 70.4 Å². The third kappa shape index (κ3) is 4.57. The number of aromatic nitrogens is 2. The van der Waals surface area contributed by atoms with Crippen LogP contribution in [0.1, 0.15) is 22.8 Å². The fourth-order valence-corrected chi connectivity index (χ4v) is 2.30. The van der Waals surface area contributed by atoms with Crippen molar-refractivity contribution >= 4 is 11.8 Å². The molecule has 3 aromatic rings. The molecule has 6 nitrogen and oxygen atoms in total. The molecule has 0 N–H and O–H groups in total. The summed E-state index contributed by atoms with van der Waals surface area (Å²) in [5, 5.41) is 4.15. The first-order chi connectivity index (χ1) is 12.6. The van der Waals surface area contributed by atoms with E-state index < -0.39 is 5.97 Å². The molecule has 26 heavy (non-hydrogen) atoms. The number of esters is 1. The number of rotatable bonds is 7. The Morgan fingerprint density at radius 1 is 1.04 bits per heavy atom. The van der Waals surface area contributed by atoms with Crippen LogP contribution in [-0.2, 0) is 16.1 Å². The van der Waals surface area contributed by atoms with E-state index in [9.17, 15) is 9.59 Å². The highest BCUT2D eigenvalue weighted by atomic mass is 16.6. The van der Waals surface area contributed by atoms with E-state index in [1.165, 1.54) is 6.92 Å². The lowest BCUT2D eigenvalue weighted by Crippen LogP contribution is -2.14. The van der Waals surface area contributed by atoms with Gasteiger partial charge in [0.25, 0.3) is 0 Å². The zero-order valence-corrected chi connectivity index (χ0v) is 14.3. The fraction of sp³-hybridized carbons (Fsp3) is 0.150. The second-order valence-corrected chi connectivity index (χ2v) is 5.65. The molecule has 0 aliphatic heterocycles. The Hall–Kier alpha value is -3.41. The summed E-state index contributed by atoms with van der Waals surface area (Å²) in [6.45, 7) is 1.48. The zero-order valence-electron chi connectivity index (χ0n) is 14.3. The molecule has 0 amide bonds. The third-order valence-electron chi connectivity index (χ3n) is 3.72. The molecular weight excluding hydrogens is 332 g/mol. The van der Waals surface area contributed by atoms with Crippen molar-refractivity contribution in [1.82, 2.24) is 9.78 Å². The lowest BCUT2D eigenvalue weighted by molar-refractivity contribution is -0.147. The van der Waals surface area contributed by atoms with Gasteiger partial charge < -0.3 is 9.47 Å². The predicted octanol–water partition coefficient (Wildman–Crippen LogP) is 3.20. The standard InChI is InChI=1S/C20H18N2O4/c1-15(23)17-5-9-19(10-6-17)25-14-20(24)26-13-16-3-7-18(8-4-16)22-12-2-11-21-22/h2-12H,13-14H2,1H3. The number of nitrogens with zero attached hydrogens (tertiary/aromatic N) is 2. The van der Waals surface area contributed by atoms with Gasteiger partial charge in [-0.2, -0.15) is 5.10 Å². The lowest BCUT2D eigenvalue weighted by Gasteiger charge is -2.08. The quantitative estimate of drug-likeness (QED) is 0.483. The summed E-state index contributed by atoms with van der Waals surface area (Å²) >= 11 is 0. The van der Waals surface area contributed by atoms with Crippen LogP contribution < -0.4 is 4.74 Å². The second-order valence-electron chi connectivity index (χ2n) is 5.65. The lowest BCUT2D eigenvalue weighted by atomic mass is 10.1. The van der Waals surface area contributed by atoms with Crippen LogP contribution in [0.4, 0.5) is 0 Å². The molecule has 0 spiro atoms. The van der Waals surface area contributed by atoms with Crippen LogP contribution in [0, 0.1) is 0 Å². The third-order valence-corrected chi connectivity index (χ3v) is 3.72. The van der Waals surface area contributed by atoms with Gasteiger partial charge in [0.2, 0.25) is 0 Å². The SMILES string of the molecule is CC(=O)c1ccc(OCC(=O)OCc2ccc(-n3cccn3)cc2)cc1. The van der Waals surface area contributed by atoms with Crippen LogP contribution in [0.2, 0.25) is 0 Å². The highest BCUT2D eigenvalue weighted by Crippen LogP contribution is 2.13. The van der Waals surface area contributed by atoms with E-state index in [0.717, 1.165) is 11.3 Å². The van der Waals surface area contributed by atoms with Crippen LogP contribution in [0.3, 0.4) is 0 Å². The van der Waals surface area contributed by atoms with Crippen molar-refractivity contribution in [2.75, 3.05) is 6.61 Å². The number of carbonyl (C=O) groups is 2. The molecule has 1 aromatic heterocycles. The first-order valence-corrected chi connectivity index (χ1v) is 8.10. The average molecular weight is 350 g/mol. The minimum absolute atomic E-state index is 0.0189. The molecule has 6 heteroatoms. The van der Waals surface area contributed by atoms with E-state index in [1.54, 1.807) is 35.1 Å². The number of ether oxygens (including phenoxy) is 2. The first-order valence-electron chi connectivity index (χ1n) is 8.10. The van der Waals surface area contributed by atoms with E-state index in [0.29, 0.717) is 11.3 Å². The molecule has 0 aliphatic rings. The molecule has 2 aromatic carbocycles. The largest absolute Gasteiger partial charge is 0.482 e. The van der Waals surface area contributed by atoms with Crippen molar-refractivity contribution in [3.8, 4) is 11.4 Å². The minimum atomic E-state index is -0.461. The molecule has 0 bridgehead atoms. The zero-order chi connectivity index (χ0) is 18.4. The van der Waals surface area contributed by atoms with Gasteiger partial charge in [-0.25, -0.2) is 9.48 Å². The molecule has 0 atom stereocenters. The van der Waals surface area contributed by atoms with Crippen LogP contribution in [0.15, 0.2) is 67.0 Å². The summed E-state index contributed by atoms with van der Waals surface area (Å²) in [6, 6.07) is 16.0. The van der Waals surface area contributed by atoms with Crippen molar-refractivity contribution in [3.05, 3.63) is 78.1 Å². The molecule has 0 unspecified atom stereocenters. The number of carbonyl (C=O) groups excluding carboxylic acids is 2. The van der Waals surface area contributed by atoms with Crippen molar-refractivity contribution in [2.45, 2.75) is 13.5 Å². The monoisotopic (exact) mass is 350 g/mol. The fourth-order valence-electron chi connectivity index (χ4n) is 2.30. The van der Waals surface area contributed by atoms with Gasteiger partial charge in [-0.1, -0.05) is 12.1 Å². The molecule has 1 heterocycles. The highest BCUT2D eigenvalue weighted by Gasteiger charge is 2.06. The number of hydrogen-bond donors (Lipinski definition) is 0. The van der Waals surface area contributed by atoms with Crippen LogP contribution in [0.5, 0.6) is 5.75 Å². The summed E-state index contributed by atoms with van der Waals surface area (Å²) in [7, 11) is 0. The van der Waals surface area contributed by atoms with Gasteiger partial charge in [0, 0.05) is 18.0 Å². The van der Waals surface area contributed by atoms with E-state index in [4.69, 9.17) is 9.47 Å². The maximum atomic E-state index is 11.8. The minimum Gasteiger partial charge on any atom is -0.482 e. The van der Waals surface area contributed by atoms with E-state index in [-0.39, 0.29) is 19.0 Å². The Morgan fingerprint density at radius 3 is 2.38 bits per heavy atom. The molecule has 0 aliphatic carbocycles. The first kappa shape index (κ1) is 17.4. The number of benzene rings is 2. The Labute approximate surface area is 151 Å². The molecule has 0 fully saturated rings. The smallest absolute Gasteiger partial charge is 0.344 e. The van der Waals surface area contributed by atoms with Crippen LogP contribution >= 0.6 is 0 Å². The second kappa shape index (κ2) is 8.11. The Balaban J connectivity index is 1.45. The van der Waals surface area contributed by atoms with Crippen molar-refractivity contribution in [1.29, 1.82) is 0 Å². The molecule has 3 rings (SSSR count). The Kier molecular flexibility index (Phi) is 5.43. The van der Waals surface area contributed by atoms with Gasteiger partial charge in [-0.15, -0.1) is 0 Å². The van der Waals surface area contributed by atoms with Crippen molar-refractivity contribution in [3.63, 3.8) is 0 Å². The molecule has 0 saturated carbocycles. The Bertz CT molecular complexity index is 869. The Morgan fingerprint density at radius 2 is 1.77 bits per heavy atom. The summed E-state index contributed by atoms with van der Waals surface area (Å²) in [4.78, 5) is 23.0. The van der Waals surface area contributed by atoms with Gasteiger partial charge in [0.1, 0.15) is 12.4 Å². The highest BCUT2D eigenvalue weighted by molar-refractivity contribution is 5.94. The molecular formula is C20H18N2O4. The van der Waals surface area contributed by atoms with E-state index >= 15 is 0 Å². The molecule has 0 radical (unpaired) electrons. The summed E-state index contributed by atoms with van der Waals surface area (Å²) in [5.41, 5.74) is 2.40. The van der Waals surface area contributed by atoms with Crippen molar-refractivity contribution < 1.29 is 19.1 Å². The maximum absolute atomic E-state index is 11.8. The van der Waals surface area contributed by atoms with Crippen LogP contribution in [0.25, 0.3) is 5.69 Å². The van der Waals surface area contributed by atoms with E-state index in [1.807, 2.05) is 36.5 Å². The maximum Gasteiger partial charge on any atom is 0.344 e. The number of Topliss-reactive ketones (excluding diaryl/α,β-unsaturated/α-hetero) is 1. The van der Waals surface area contributed by atoms with Crippen molar-refractivity contribution in [2.24, 2.45) is 0 Å². The van der Waals surface area contributed by atoms with Gasteiger partial charge in [0.05, 0.1) is 5.69 Å². The average Bonchev–Trinajstić information content (AvgIpc) is 3.20. The normalized spacial score (nSPS) is 10.3. The van der Waals surface area contributed by atoms with Gasteiger partial charge in [-0.05, 0) is 55.0 Å². The van der Waals surface area contributed by atoms with E-state index in [2.05, 4.69) is 5.10 Å². The number of hydrogen-bond acceptors (Lipinski definition) is 5. The van der Waals surface area contributed by atoms with Gasteiger partial charge in [-0.3, -0.25) is 4.79 Å². The van der Waals surface area contributed by atoms with Gasteiger partial charge >= 0.3 is 5.97 Å².